The Labute approximate surface area is 172 Å². The first-order valence-electron chi connectivity index (χ1n) is 8.85. The molecule has 4 aromatic rings. The zero-order chi connectivity index (χ0) is 19.5. The molecule has 0 aliphatic rings. The van der Waals surface area contributed by atoms with Gasteiger partial charge in [-0.25, -0.2) is 4.79 Å². The van der Waals surface area contributed by atoms with E-state index >= 15 is 0 Å². The predicted molar refractivity (Wildman–Crippen MR) is 119 cm³/mol. The van der Waals surface area contributed by atoms with Gasteiger partial charge in [0.1, 0.15) is 0 Å². The Morgan fingerprint density at radius 3 is 2.57 bits per heavy atom. The van der Waals surface area contributed by atoms with Crippen molar-refractivity contribution in [2.24, 2.45) is 0 Å². The van der Waals surface area contributed by atoms with Gasteiger partial charge in [0.15, 0.2) is 0 Å². The van der Waals surface area contributed by atoms with E-state index in [2.05, 4.69) is 41.6 Å². The van der Waals surface area contributed by atoms with Gasteiger partial charge in [0, 0.05) is 22.2 Å². The SMILES string of the molecule is Cc1cc2nccc(Sc3ccc(NC(=O)Nc4ccccc4)s3)c2cc1C. The number of thiophene rings is 1. The van der Waals surface area contributed by atoms with Crippen LogP contribution in [0, 0.1) is 13.8 Å². The van der Waals surface area contributed by atoms with Gasteiger partial charge in [-0.3, -0.25) is 10.3 Å². The third-order valence-corrected chi connectivity index (χ3v) is 6.59. The van der Waals surface area contributed by atoms with Crippen LogP contribution in [0.1, 0.15) is 11.1 Å². The summed E-state index contributed by atoms with van der Waals surface area (Å²) in [6.07, 6.45) is 1.85. The number of carbonyl (C=O) groups is 1. The van der Waals surface area contributed by atoms with E-state index in [4.69, 9.17) is 0 Å². The number of anilines is 2. The van der Waals surface area contributed by atoms with Crippen molar-refractivity contribution >= 4 is 50.7 Å². The highest BCUT2D eigenvalue weighted by atomic mass is 32.2. The molecule has 0 saturated carbocycles. The second-order valence-corrected chi connectivity index (χ2v) is 8.85. The number of fused-ring (bicyclic) bond motifs is 1. The van der Waals surface area contributed by atoms with Crippen LogP contribution >= 0.6 is 23.1 Å². The summed E-state index contributed by atoms with van der Waals surface area (Å²) < 4.78 is 1.11. The van der Waals surface area contributed by atoms with Crippen molar-refractivity contribution in [3.8, 4) is 0 Å². The molecular weight excluding hydrogens is 386 g/mol. The van der Waals surface area contributed by atoms with Crippen LogP contribution < -0.4 is 10.6 Å². The van der Waals surface area contributed by atoms with Crippen LogP contribution in [0.4, 0.5) is 15.5 Å². The molecule has 0 fully saturated rings. The molecule has 140 valence electrons. The summed E-state index contributed by atoms with van der Waals surface area (Å²) in [5, 5.41) is 7.68. The van der Waals surface area contributed by atoms with E-state index in [1.54, 1.807) is 23.1 Å². The van der Waals surface area contributed by atoms with Gasteiger partial charge in [-0.2, -0.15) is 0 Å². The number of nitrogens with zero attached hydrogens (tertiary/aromatic N) is 1. The average molecular weight is 406 g/mol. The van der Waals surface area contributed by atoms with Gasteiger partial charge in [0.25, 0.3) is 0 Å². The number of urea groups is 1. The van der Waals surface area contributed by atoms with Gasteiger partial charge < -0.3 is 5.32 Å². The van der Waals surface area contributed by atoms with E-state index < -0.39 is 0 Å². The molecule has 0 saturated heterocycles. The summed E-state index contributed by atoms with van der Waals surface area (Å²) in [6, 6.07) is 19.5. The molecule has 2 amide bonds. The minimum atomic E-state index is -0.245. The van der Waals surface area contributed by atoms with Crippen LogP contribution in [0.25, 0.3) is 10.9 Å². The molecule has 2 heterocycles. The third kappa shape index (κ3) is 4.18. The highest BCUT2D eigenvalue weighted by molar-refractivity contribution is 8.01. The summed E-state index contributed by atoms with van der Waals surface area (Å²) in [5.74, 6) is 0. The molecule has 0 radical (unpaired) electrons. The number of benzene rings is 2. The Morgan fingerprint density at radius 2 is 1.75 bits per heavy atom. The standard InChI is InChI=1S/C22H19N3OS2/c1-14-12-17-18(13-15(14)2)23-11-10-19(17)27-21-9-8-20(28-21)25-22(26)24-16-6-4-3-5-7-16/h3-13H,1-2H3,(H2,24,25,26). The lowest BCUT2D eigenvalue weighted by Gasteiger charge is -2.07. The number of carbonyl (C=O) groups excluding carboxylic acids is 1. The molecule has 0 aliphatic heterocycles. The maximum Gasteiger partial charge on any atom is 0.324 e. The Kier molecular flexibility index (Phi) is 5.32. The first-order chi connectivity index (χ1) is 13.6. The largest absolute Gasteiger partial charge is 0.324 e. The van der Waals surface area contributed by atoms with Crippen LogP contribution in [0.5, 0.6) is 0 Å². The number of para-hydroxylation sites is 1. The van der Waals surface area contributed by atoms with Crippen molar-refractivity contribution < 1.29 is 4.79 Å². The summed E-state index contributed by atoms with van der Waals surface area (Å²) in [4.78, 5) is 17.8. The number of aromatic nitrogens is 1. The van der Waals surface area contributed by atoms with Crippen LogP contribution in [-0.4, -0.2) is 11.0 Å². The van der Waals surface area contributed by atoms with Gasteiger partial charge in [-0.05, 0) is 67.4 Å². The molecule has 2 aromatic carbocycles. The normalized spacial score (nSPS) is 10.8. The molecule has 0 atom stereocenters. The lowest BCUT2D eigenvalue weighted by Crippen LogP contribution is -2.18. The topological polar surface area (TPSA) is 54.0 Å². The first-order valence-corrected chi connectivity index (χ1v) is 10.5. The molecule has 2 aromatic heterocycles. The van der Waals surface area contributed by atoms with E-state index in [9.17, 15) is 4.79 Å². The minimum absolute atomic E-state index is 0.245. The molecule has 4 nitrogen and oxygen atoms in total. The zero-order valence-corrected chi connectivity index (χ0v) is 17.2. The zero-order valence-electron chi connectivity index (χ0n) is 15.5. The monoisotopic (exact) mass is 405 g/mol. The van der Waals surface area contributed by atoms with Crippen molar-refractivity contribution in [3.05, 3.63) is 78.0 Å². The van der Waals surface area contributed by atoms with E-state index in [-0.39, 0.29) is 6.03 Å². The number of nitrogens with one attached hydrogen (secondary N) is 2. The number of aryl methyl sites for hydroxylation is 2. The van der Waals surface area contributed by atoms with Gasteiger partial charge in [-0.1, -0.05) is 30.0 Å². The molecule has 0 spiro atoms. The highest BCUT2D eigenvalue weighted by Gasteiger charge is 2.10. The Morgan fingerprint density at radius 1 is 0.964 bits per heavy atom. The lowest BCUT2D eigenvalue weighted by molar-refractivity contribution is 0.262. The summed E-state index contributed by atoms with van der Waals surface area (Å²) in [7, 11) is 0. The second kappa shape index (κ2) is 8.04. The van der Waals surface area contributed by atoms with Crippen molar-refractivity contribution in [3.63, 3.8) is 0 Å². The summed E-state index contributed by atoms with van der Waals surface area (Å²) in [5.41, 5.74) is 4.27. The van der Waals surface area contributed by atoms with Gasteiger partial charge in [0.2, 0.25) is 0 Å². The number of hydrogen-bond donors (Lipinski definition) is 2. The fraction of sp³-hybridized carbons (Fsp3) is 0.0909. The van der Waals surface area contributed by atoms with Crippen LogP contribution in [0.15, 0.2) is 76.0 Å². The number of pyridine rings is 1. The van der Waals surface area contributed by atoms with E-state index in [1.807, 2.05) is 54.7 Å². The van der Waals surface area contributed by atoms with Gasteiger partial charge in [-0.15, -0.1) is 11.3 Å². The molecule has 0 unspecified atom stereocenters. The molecule has 4 rings (SSSR count). The molecule has 0 bridgehead atoms. The lowest BCUT2D eigenvalue weighted by atomic mass is 10.1. The molecule has 0 aliphatic carbocycles. The van der Waals surface area contributed by atoms with Crippen molar-refractivity contribution in [2.75, 3.05) is 10.6 Å². The molecule has 28 heavy (non-hydrogen) atoms. The first kappa shape index (κ1) is 18.5. The van der Waals surface area contributed by atoms with E-state index in [0.29, 0.717) is 0 Å². The Hall–Kier alpha value is -2.83. The third-order valence-electron chi connectivity index (χ3n) is 4.38. The Bertz CT molecular complexity index is 1140. The van der Waals surface area contributed by atoms with Crippen molar-refractivity contribution in [1.29, 1.82) is 0 Å². The molecule has 6 heteroatoms. The Balaban J connectivity index is 1.49. The highest BCUT2D eigenvalue weighted by Crippen LogP contribution is 2.38. The second-order valence-electron chi connectivity index (χ2n) is 6.43. The minimum Gasteiger partial charge on any atom is -0.308 e. The number of amides is 2. The summed E-state index contributed by atoms with van der Waals surface area (Å²) >= 11 is 3.24. The maximum atomic E-state index is 12.2. The smallest absolute Gasteiger partial charge is 0.308 e. The molecule has 2 N–H and O–H groups in total. The number of rotatable bonds is 4. The van der Waals surface area contributed by atoms with Crippen LogP contribution in [0.2, 0.25) is 0 Å². The predicted octanol–water partition coefficient (Wildman–Crippen LogP) is 6.71. The van der Waals surface area contributed by atoms with E-state index in [0.717, 1.165) is 30.7 Å². The number of hydrogen-bond acceptors (Lipinski definition) is 4. The van der Waals surface area contributed by atoms with Crippen molar-refractivity contribution in [1.82, 2.24) is 4.98 Å². The fourth-order valence-corrected chi connectivity index (χ4v) is 4.91. The van der Waals surface area contributed by atoms with E-state index in [1.165, 1.54) is 11.1 Å². The average Bonchev–Trinajstić information content (AvgIpc) is 3.11. The van der Waals surface area contributed by atoms with Crippen molar-refractivity contribution in [2.45, 2.75) is 23.0 Å². The van der Waals surface area contributed by atoms with Gasteiger partial charge in [0.05, 0.1) is 14.7 Å². The van der Waals surface area contributed by atoms with Crippen LogP contribution in [-0.2, 0) is 0 Å². The maximum absolute atomic E-state index is 12.2. The fourth-order valence-electron chi connectivity index (χ4n) is 2.82. The quantitative estimate of drug-likeness (QED) is 0.397. The molecular formula is C22H19N3OS2. The van der Waals surface area contributed by atoms with Crippen LogP contribution in [0.3, 0.4) is 0 Å². The summed E-state index contributed by atoms with van der Waals surface area (Å²) in [6.45, 7) is 4.22. The van der Waals surface area contributed by atoms with Gasteiger partial charge >= 0.3 is 6.03 Å².